The molecular weight excluding hydrogens is 338 g/mol. The molecular formula is C19H25NO6. The second kappa shape index (κ2) is 8.71. The van der Waals surface area contributed by atoms with Crippen LogP contribution >= 0.6 is 0 Å². The van der Waals surface area contributed by atoms with E-state index < -0.39 is 17.7 Å². The highest BCUT2D eigenvalue weighted by atomic mass is 16.5. The Hall–Kier alpha value is -2.54. The molecule has 1 aromatic rings. The lowest BCUT2D eigenvalue weighted by Gasteiger charge is -2.27. The first kappa shape index (κ1) is 19.8. The predicted octanol–water partition coefficient (Wildman–Crippen LogP) is 2.41. The third-order valence-electron chi connectivity index (χ3n) is 4.26. The summed E-state index contributed by atoms with van der Waals surface area (Å²) in [5.41, 5.74) is 0.774. The first-order valence-electron chi connectivity index (χ1n) is 8.57. The SMILES string of the molecule is CCOc1ccc(C2C(C(=O)CC)=C(O)C(=O)N2CCOC)cc1OC. The number of aliphatic hydroxyl groups excluding tert-OH is 1. The van der Waals surface area contributed by atoms with Gasteiger partial charge in [0.15, 0.2) is 23.0 Å². The zero-order chi connectivity index (χ0) is 19.3. The molecule has 0 spiro atoms. The van der Waals surface area contributed by atoms with Gasteiger partial charge in [0, 0.05) is 20.1 Å². The van der Waals surface area contributed by atoms with Crippen LogP contribution in [0.25, 0.3) is 0 Å². The van der Waals surface area contributed by atoms with Crippen molar-refractivity contribution in [3.8, 4) is 11.5 Å². The molecule has 0 radical (unpaired) electrons. The molecule has 1 atom stereocenters. The highest BCUT2D eigenvalue weighted by Crippen LogP contribution is 2.40. The van der Waals surface area contributed by atoms with Gasteiger partial charge in [0.1, 0.15) is 0 Å². The van der Waals surface area contributed by atoms with Gasteiger partial charge in [-0.05, 0) is 24.6 Å². The fourth-order valence-corrected chi connectivity index (χ4v) is 3.02. The van der Waals surface area contributed by atoms with Crippen LogP contribution < -0.4 is 9.47 Å². The predicted molar refractivity (Wildman–Crippen MR) is 95.4 cm³/mol. The largest absolute Gasteiger partial charge is 0.503 e. The van der Waals surface area contributed by atoms with E-state index >= 15 is 0 Å². The van der Waals surface area contributed by atoms with E-state index in [1.165, 1.54) is 19.1 Å². The number of ketones is 1. The molecule has 0 aromatic heterocycles. The molecule has 1 amide bonds. The van der Waals surface area contributed by atoms with E-state index in [9.17, 15) is 14.7 Å². The topological polar surface area (TPSA) is 85.3 Å². The molecule has 0 fully saturated rings. The maximum absolute atomic E-state index is 12.5. The van der Waals surface area contributed by atoms with Gasteiger partial charge in [-0.2, -0.15) is 0 Å². The number of rotatable bonds is 9. The van der Waals surface area contributed by atoms with E-state index in [0.29, 0.717) is 23.7 Å². The van der Waals surface area contributed by atoms with E-state index in [2.05, 4.69) is 0 Å². The summed E-state index contributed by atoms with van der Waals surface area (Å²) >= 11 is 0. The van der Waals surface area contributed by atoms with Gasteiger partial charge in [-0.25, -0.2) is 0 Å². The van der Waals surface area contributed by atoms with Gasteiger partial charge in [0.25, 0.3) is 5.91 Å². The molecule has 0 saturated carbocycles. The van der Waals surface area contributed by atoms with E-state index in [0.717, 1.165) is 0 Å². The molecule has 0 aliphatic carbocycles. The average Bonchev–Trinajstić information content (AvgIpc) is 2.90. The fourth-order valence-electron chi connectivity index (χ4n) is 3.02. The highest BCUT2D eigenvalue weighted by molar-refractivity contribution is 6.08. The minimum Gasteiger partial charge on any atom is -0.503 e. The Morgan fingerprint density at radius 1 is 1.23 bits per heavy atom. The Balaban J connectivity index is 2.52. The molecule has 7 nitrogen and oxygen atoms in total. The maximum Gasteiger partial charge on any atom is 0.290 e. The number of hydrogen-bond acceptors (Lipinski definition) is 6. The van der Waals surface area contributed by atoms with E-state index in [1.54, 1.807) is 25.1 Å². The quantitative estimate of drug-likeness (QED) is 0.725. The number of nitrogens with zero attached hydrogens (tertiary/aromatic N) is 1. The Morgan fingerprint density at radius 2 is 1.96 bits per heavy atom. The zero-order valence-electron chi connectivity index (χ0n) is 15.6. The summed E-state index contributed by atoms with van der Waals surface area (Å²) in [6.07, 6.45) is 0.190. The van der Waals surface area contributed by atoms with Gasteiger partial charge in [0.05, 0.1) is 31.9 Å². The van der Waals surface area contributed by atoms with Crippen molar-refractivity contribution in [3.63, 3.8) is 0 Å². The van der Waals surface area contributed by atoms with Gasteiger partial charge in [0.2, 0.25) is 0 Å². The van der Waals surface area contributed by atoms with E-state index in [1.807, 2.05) is 6.92 Å². The first-order chi connectivity index (χ1) is 12.5. The first-order valence-corrected chi connectivity index (χ1v) is 8.57. The minimum atomic E-state index is -0.685. The minimum absolute atomic E-state index is 0.111. The molecule has 1 heterocycles. The molecule has 1 N–H and O–H groups in total. The molecule has 142 valence electrons. The van der Waals surface area contributed by atoms with Gasteiger partial charge >= 0.3 is 0 Å². The van der Waals surface area contributed by atoms with Crippen molar-refractivity contribution in [3.05, 3.63) is 35.1 Å². The number of carbonyl (C=O) groups is 2. The highest BCUT2D eigenvalue weighted by Gasteiger charge is 2.42. The number of hydrogen-bond donors (Lipinski definition) is 1. The van der Waals surface area contributed by atoms with Crippen molar-refractivity contribution in [1.82, 2.24) is 4.90 Å². The second-order valence-electron chi connectivity index (χ2n) is 5.78. The number of ether oxygens (including phenoxy) is 3. The normalized spacial score (nSPS) is 17.0. The summed E-state index contributed by atoms with van der Waals surface area (Å²) in [5, 5.41) is 10.3. The van der Waals surface area contributed by atoms with Crippen LogP contribution in [0.4, 0.5) is 0 Å². The Labute approximate surface area is 153 Å². The number of benzene rings is 1. The van der Waals surface area contributed by atoms with Crippen molar-refractivity contribution in [2.45, 2.75) is 26.3 Å². The van der Waals surface area contributed by atoms with E-state index in [4.69, 9.17) is 14.2 Å². The molecule has 7 heteroatoms. The van der Waals surface area contributed by atoms with Crippen LogP contribution in [0.2, 0.25) is 0 Å². The number of amides is 1. The summed E-state index contributed by atoms with van der Waals surface area (Å²) in [6, 6.07) is 4.55. The molecule has 26 heavy (non-hydrogen) atoms. The van der Waals surface area contributed by atoms with Crippen LogP contribution in [0, 0.1) is 0 Å². The van der Waals surface area contributed by atoms with Crippen LogP contribution in [0.1, 0.15) is 31.9 Å². The summed E-state index contributed by atoms with van der Waals surface area (Å²) < 4.78 is 16.0. The number of methoxy groups -OCH3 is 2. The molecule has 1 aliphatic heterocycles. The smallest absolute Gasteiger partial charge is 0.290 e. The number of Topliss-reactive ketones (excluding diaryl/α,β-unsaturated/α-hetero) is 1. The molecule has 1 unspecified atom stereocenters. The Bertz CT molecular complexity index is 712. The zero-order valence-corrected chi connectivity index (χ0v) is 15.6. The average molecular weight is 363 g/mol. The summed E-state index contributed by atoms with van der Waals surface area (Å²) in [7, 11) is 3.05. The molecule has 0 bridgehead atoms. The lowest BCUT2D eigenvalue weighted by molar-refractivity contribution is -0.130. The van der Waals surface area contributed by atoms with Crippen LogP contribution in [-0.4, -0.2) is 55.7 Å². The van der Waals surface area contributed by atoms with Crippen molar-refractivity contribution in [2.24, 2.45) is 0 Å². The molecule has 0 saturated heterocycles. The van der Waals surface area contributed by atoms with Crippen LogP contribution in [0.3, 0.4) is 0 Å². The van der Waals surface area contributed by atoms with Gasteiger partial charge < -0.3 is 24.2 Å². The van der Waals surface area contributed by atoms with Crippen LogP contribution in [0.15, 0.2) is 29.5 Å². The second-order valence-corrected chi connectivity index (χ2v) is 5.78. The molecule has 1 aliphatic rings. The maximum atomic E-state index is 12.5. The third kappa shape index (κ3) is 3.67. The van der Waals surface area contributed by atoms with Gasteiger partial charge in [-0.15, -0.1) is 0 Å². The van der Waals surface area contributed by atoms with E-state index in [-0.39, 0.29) is 30.9 Å². The fraction of sp³-hybridized carbons (Fsp3) is 0.474. The summed E-state index contributed by atoms with van der Waals surface area (Å²) in [6.45, 7) is 4.59. The van der Waals surface area contributed by atoms with Crippen LogP contribution in [0.5, 0.6) is 11.5 Å². The summed E-state index contributed by atoms with van der Waals surface area (Å²) in [5.74, 6) is -0.266. The van der Waals surface area contributed by atoms with Crippen molar-refractivity contribution >= 4 is 11.7 Å². The van der Waals surface area contributed by atoms with Gasteiger partial charge in [-0.3, -0.25) is 9.59 Å². The molecule has 2 rings (SSSR count). The van der Waals surface area contributed by atoms with Crippen molar-refractivity contribution in [2.75, 3.05) is 34.0 Å². The lowest BCUT2D eigenvalue weighted by atomic mass is 9.95. The third-order valence-corrected chi connectivity index (χ3v) is 4.26. The van der Waals surface area contributed by atoms with Crippen molar-refractivity contribution in [1.29, 1.82) is 0 Å². The number of aliphatic hydroxyl groups is 1. The Kier molecular flexibility index (Phi) is 6.63. The summed E-state index contributed by atoms with van der Waals surface area (Å²) in [4.78, 5) is 26.4. The van der Waals surface area contributed by atoms with Crippen LogP contribution in [-0.2, 0) is 14.3 Å². The molecule has 1 aromatic carbocycles. The standard InChI is InChI=1S/C19H25NO6/c1-5-13(21)16-17(20(9-10-24-3)19(23)18(16)22)12-7-8-14(26-6-2)15(11-12)25-4/h7-8,11,17,22H,5-6,9-10H2,1-4H3. The monoisotopic (exact) mass is 363 g/mol. The Morgan fingerprint density at radius 3 is 2.54 bits per heavy atom. The van der Waals surface area contributed by atoms with Gasteiger partial charge in [-0.1, -0.05) is 13.0 Å². The lowest BCUT2D eigenvalue weighted by Crippen LogP contribution is -2.34. The number of carbonyl (C=O) groups excluding carboxylic acids is 2. The van der Waals surface area contributed by atoms with Crippen molar-refractivity contribution < 1.29 is 28.9 Å².